The highest BCUT2D eigenvalue weighted by atomic mass is 16.5. The summed E-state index contributed by atoms with van der Waals surface area (Å²) >= 11 is 0. The fraction of sp³-hybridized carbons (Fsp3) is 0.588. The van der Waals surface area contributed by atoms with Gasteiger partial charge in [0.1, 0.15) is 0 Å². The zero-order valence-electron chi connectivity index (χ0n) is 12.6. The number of nitrogens with one attached hydrogen (secondary N) is 1. The standard InChI is InChI=1S/C17H25NO2/c1-13-5-6-16(12-14(13)2)17(19)18-9-3-4-15-7-10-20-11-8-15/h5-6,12,15H,3-4,7-11H2,1-2H3,(H,18,19). The van der Waals surface area contributed by atoms with E-state index in [1.165, 1.54) is 30.4 Å². The average Bonchev–Trinajstić information content (AvgIpc) is 2.47. The van der Waals surface area contributed by atoms with Crippen LogP contribution in [-0.2, 0) is 4.74 Å². The Bertz CT molecular complexity index is 450. The molecule has 1 fully saturated rings. The van der Waals surface area contributed by atoms with Gasteiger partial charge >= 0.3 is 0 Å². The second kappa shape index (κ2) is 7.44. The summed E-state index contributed by atoms with van der Waals surface area (Å²) in [4.78, 5) is 12.0. The number of benzene rings is 1. The monoisotopic (exact) mass is 275 g/mol. The highest BCUT2D eigenvalue weighted by Crippen LogP contribution is 2.19. The lowest BCUT2D eigenvalue weighted by molar-refractivity contribution is 0.0631. The molecule has 0 atom stereocenters. The molecule has 1 aromatic carbocycles. The van der Waals surface area contributed by atoms with Crippen LogP contribution >= 0.6 is 0 Å². The van der Waals surface area contributed by atoms with Crippen LogP contribution in [0.5, 0.6) is 0 Å². The number of carbonyl (C=O) groups is 1. The Morgan fingerprint density at radius 1 is 1.25 bits per heavy atom. The molecule has 1 heterocycles. The number of hydrogen-bond acceptors (Lipinski definition) is 2. The van der Waals surface area contributed by atoms with Crippen molar-refractivity contribution < 1.29 is 9.53 Å². The van der Waals surface area contributed by atoms with Crippen LogP contribution < -0.4 is 5.32 Å². The Labute approximate surface area is 121 Å². The van der Waals surface area contributed by atoms with Gasteiger partial charge in [0.05, 0.1) is 0 Å². The van der Waals surface area contributed by atoms with Crippen LogP contribution in [0, 0.1) is 19.8 Å². The zero-order valence-corrected chi connectivity index (χ0v) is 12.6. The van der Waals surface area contributed by atoms with Crippen molar-refractivity contribution in [3.63, 3.8) is 0 Å². The summed E-state index contributed by atoms with van der Waals surface area (Å²) in [7, 11) is 0. The van der Waals surface area contributed by atoms with Gasteiger partial charge in [0.15, 0.2) is 0 Å². The molecule has 1 amide bonds. The van der Waals surface area contributed by atoms with Gasteiger partial charge in [-0.25, -0.2) is 0 Å². The number of hydrogen-bond donors (Lipinski definition) is 1. The summed E-state index contributed by atoms with van der Waals surface area (Å²) in [6.07, 6.45) is 4.59. The van der Waals surface area contributed by atoms with Crippen molar-refractivity contribution in [3.8, 4) is 0 Å². The molecular weight excluding hydrogens is 250 g/mol. The first-order valence-corrected chi connectivity index (χ1v) is 7.60. The Hall–Kier alpha value is -1.35. The molecule has 0 spiro atoms. The van der Waals surface area contributed by atoms with Crippen LogP contribution in [0.1, 0.15) is 47.2 Å². The van der Waals surface area contributed by atoms with Gasteiger partial charge in [0.2, 0.25) is 0 Å². The van der Waals surface area contributed by atoms with Gasteiger partial charge in [-0.3, -0.25) is 4.79 Å². The first-order chi connectivity index (χ1) is 9.66. The summed E-state index contributed by atoms with van der Waals surface area (Å²) in [6, 6.07) is 5.87. The molecule has 2 rings (SSSR count). The summed E-state index contributed by atoms with van der Waals surface area (Å²) in [5, 5.41) is 3.02. The normalized spacial score (nSPS) is 16.1. The molecule has 110 valence electrons. The molecule has 20 heavy (non-hydrogen) atoms. The van der Waals surface area contributed by atoms with Gasteiger partial charge in [-0.15, -0.1) is 0 Å². The molecule has 3 nitrogen and oxygen atoms in total. The molecule has 1 aromatic rings. The highest BCUT2D eigenvalue weighted by molar-refractivity contribution is 5.94. The van der Waals surface area contributed by atoms with Gasteiger partial charge in [-0.05, 0) is 68.7 Å². The molecule has 1 aliphatic rings. The van der Waals surface area contributed by atoms with Crippen LogP contribution in [0.4, 0.5) is 0 Å². The van der Waals surface area contributed by atoms with Crippen molar-refractivity contribution in [2.24, 2.45) is 5.92 Å². The van der Waals surface area contributed by atoms with E-state index in [9.17, 15) is 4.79 Å². The predicted molar refractivity (Wildman–Crippen MR) is 81.0 cm³/mol. The maximum Gasteiger partial charge on any atom is 0.251 e. The minimum Gasteiger partial charge on any atom is -0.381 e. The Balaban J connectivity index is 1.70. The SMILES string of the molecule is Cc1ccc(C(=O)NCCCC2CCOCC2)cc1C. The van der Waals surface area contributed by atoms with E-state index in [1.54, 1.807) is 0 Å². The third kappa shape index (κ3) is 4.34. The predicted octanol–water partition coefficient (Wildman–Crippen LogP) is 3.24. The molecule has 0 bridgehead atoms. The van der Waals surface area contributed by atoms with Gasteiger partial charge in [0.25, 0.3) is 5.91 Å². The molecule has 0 unspecified atom stereocenters. The van der Waals surface area contributed by atoms with Gasteiger partial charge in [0, 0.05) is 25.3 Å². The first-order valence-electron chi connectivity index (χ1n) is 7.60. The van der Waals surface area contributed by atoms with Crippen LogP contribution in [0.25, 0.3) is 0 Å². The van der Waals surface area contributed by atoms with Crippen molar-refractivity contribution in [1.29, 1.82) is 0 Å². The first kappa shape index (κ1) is 15.0. The van der Waals surface area contributed by atoms with Crippen molar-refractivity contribution in [3.05, 3.63) is 34.9 Å². The van der Waals surface area contributed by atoms with Crippen LogP contribution in [0.2, 0.25) is 0 Å². The fourth-order valence-corrected chi connectivity index (χ4v) is 2.61. The lowest BCUT2D eigenvalue weighted by Gasteiger charge is -2.21. The Kier molecular flexibility index (Phi) is 5.60. The second-order valence-corrected chi connectivity index (χ2v) is 5.75. The largest absolute Gasteiger partial charge is 0.381 e. The molecular formula is C17H25NO2. The summed E-state index contributed by atoms with van der Waals surface area (Å²) in [5.41, 5.74) is 3.15. The average molecular weight is 275 g/mol. The smallest absolute Gasteiger partial charge is 0.251 e. The van der Waals surface area contributed by atoms with Crippen LogP contribution in [0.15, 0.2) is 18.2 Å². The van der Waals surface area contributed by atoms with Crippen molar-refractivity contribution in [2.75, 3.05) is 19.8 Å². The van der Waals surface area contributed by atoms with E-state index in [1.807, 2.05) is 25.1 Å². The maximum absolute atomic E-state index is 12.0. The number of amides is 1. The zero-order chi connectivity index (χ0) is 14.4. The highest BCUT2D eigenvalue weighted by Gasteiger charge is 2.13. The number of carbonyl (C=O) groups excluding carboxylic acids is 1. The minimum atomic E-state index is 0.0417. The molecule has 0 aromatic heterocycles. The molecule has 1 N–H and O–H groups in total. The quantitative estimate of drug-likeness (QED) is 0.838. The lowest BCUT2D eigenvalue weighted by atomic mass is 9.95. The number of aryl methyl sites for hydroxylation is 2. The van der Waals surface area contributed by atoms with E-state index >= 15 is 0 Å². The molecule has 0 aliphatic carbocycles. The molecule has 3 heteroatoms. The van der Waals surface area contributed by atoms with Crippen molar-refractivity contribution in [2.45, 2.75) is 39.5 Å². The number of rotatable bonds is 5. The maximum atomic E-state index is 12.0. The number of ether oxygens (including phenoxy) is 1. The van der Waals surface area contributed by atoms with Gasteiger partial charge < -0.3 is 10.1 Å². The Morgan fingerprint density at radius 2 is 2.00 bits per heavy atom. The second-order valence-electron chi connectivity index (χ2n) is 5.75. The van der Waals surface area contributed by atoms with E-state index < -0.39 is 0 Å². The van der Waals surface area contributed by atoms with Crippen LogP contribution in [0.3, 0.4) is 0 Å². The summed E-state index contributed by atoms with van der Waals surface area (Å²) < 4.78 is 5.35. The van der Waals surface area contributed by atoms with E-state index in [4.69, 9.17) is 4.74 Å². The summed E-state index contributed by atoms with van der Waals surface area (Å²) in [5.74, 6) is 0.822. The van der Waals surface area contributed by atoms with E-state index in [0.717, 1.165) is 37.7 Å². The Morgan fingerprint density at radius 3 is 2.70 bits per heavy atom. The van der Waals surface area contributed by atoms with Crippen molar-refractivity contribution in [1.82, 2.24) is 5.32 Å². The van der Waals surface area contributed by atoms with E-state index in [0.29, 0.717) is 0 Å². The third-order valence-electron chi connectivity index (χ3n) is 4.18. The fourth-order valence-electron chi connectivity index (χ4n) is 2.61. The van der Waals surface area contributed by atoms with Gasteiger partial charge in [-0.2, -0.15) is 0 Å². The molecule has 1 saturated heterocycles. The lowest BCUT2D eigenvalue weighted by Crippen LogP contribution is -2.25. The summed E-state index contributed by atoms with van der Waals surface area (Å²) in [6.45, 7) is 6.67. The molecule has 0 radical (unpaired) electrons. The topological polar surface area (TPSA) is 38.3 Å². The van der Waals surface area contributed by atoms with Crippen LogP contribution in [-0.4, -0.2) is 25.7 Å². The molecule has 1 aliphatic heterocycles. The van der Waals surface area contributed by atoms with Crippen molar-refractivity contribution >= 4 is 5.91 Å². The molecule has 0 saturated carbocycles. The minimum absolute atomic E-state index is 0.0417. The van der Waals surface area contributed by atoms with E-state index in [2.05, 4.69) is 12.2 Å². The van der Waals surface area contributed by atoms with E-state index in [-0.39, 0.29) is 5.91 Å². The third-order valence-corrected chi connectivity index (χ3v) is 4.18. The van der Waals surface area contributed by atoms with Gasteiger partial charge in [-0.1, -0.05) is 6.07 Å².